The Labute approximate surface area is 164 Å². The molecule has 3 atom stereocenters. The Morgan fingerprint density at radius 3 is 2.88 bits per heavy atom. The molecule has 3 unspecified atom stereocenters. The number of guanidine groups is 1. The van der Waals surface area contributed by atoms with Crippen LogP contribution in [0.25, 0.3) is 0 Å². The van der Waals surface area contributed by atoms with Gasteiger partial charge in [-0.2, -0.15) is 0 Å². The highest BCUT2D eigenvalue weighted by atomic mass is 127. The number of ether oxygens (including phenoxy) is 1. The summed E-state index contributed by atoms with van der Waals surface area (Å²) in [5.74, 6) is 0.500. The van der Waals surface area contributed by atoms with Crippen molar-refractivity contribution >= 4 is 41.5 Å². The molecular weight excluding hydrogens is 444 g/mol. The minimum absolute atomic E-state index is 0. The third-order valence-corrected chi connectivity index (χ3v) is 4.79. The monoisotopic (exact) mass is 467 g/mol. The van der Waals surface area contributed by atoms with E-state index in [2.05, 4.69) is 15.6 Å². The molecule has 7 heteroatoms. The minimum Gasteiger partial charge on any atom is -0.373 e. The molecule has 2 aliphatic rings. The molecule has 0 radical (unpaired) electrons. The molecule has 134 valence electrons. The molecule has 0 aliphatic carbocycles. The molecule has 2 N–H and O–H groups in total. The van der Waals surface area contributed by atoms with Gasteiger partial charge in [0, 0.05) is 18.1 Å². The summed E-state index contributed by atoms with van der Waals surface area (Å²) in [5.41, 5.74) is 0.913. The molecule has 4 nitrogen and oxygen atoms in total. The number of rotatable bonds is 5. The van der Waals surface area contributed by atoms with Crippen LogP contribution in [0.3, 0.4) is 0 Å². The molecule has 2 heterocycles. The van der Waals surface area contributed by atoms with Crippen LogP contribution in [0.2, 0.25) is 5.02 Å². The lowest BCUT2D eigenvalue weighted by Crippen LogP contribution is -2.47. The molecule has 1 aromatic rings. The van der Waals surface area contributed by atoms with E-state index in [1.54, 1.807) is 6.07 Å². The first-order valence-corrected chi connectivity index (χ1v) is 8.67. The maximum Gasteiger partial charge on any atom is 0.191 e. The third-order valence-electron chi connectivity index (χ3n) is 4.44. The summed E-state index contributed by atoms with van der Waals surface area (Å²) in [6, 6.07) is 4.84. The quantitative estimate of drug-likeness (QED) is 0.396. The van der Waals surface area contributed by atoms with Gasteiger partial charge in [-0.3, -0.25) is 4.99 Å². The van der Waals surface area contributed by atoms with Gasteiger partial charge in [0.15, 0.2) is 5.96 Å². The van der Waals surface area contributed by atoms with Crippen molar-refractivity contribution in [2.45, 2.75) is 50.9 Å². The second-order valence-corrected chi connectivity index (χ2v) is 6.51. The molecule has 1 aromatic carbocycles. The molecule has 2 saturated heterocycles. The number of hydrogen-bond acceptors (Lipinski definition) is 2. The summed E-state index contributed by atoms with van der Waals surface area (Å²) in [7, 11) is 0. The Kier molecular flexibility index (Phi) is 7.56. The predicted octanol–water partition coefficient (Wildman–Crippen LogP) is 3.51. The van der Waals surface area contributed by atoms with E-state index in [-0.39, 0.29) is 29.8 Å². The zero-order valence-electron chi connectivity index (χ0n) is 13.7. The number of hydrogen-bond donors (Lipinski definition) is 2. The Morgan fingerprint density at radius 2 is 2.25 bits per heavy atom. The fourth-order valence-electron chi connectivity index (χ4n) is 3.30. The lowest BCUT2D eigenvalue weighted by molar-refractivity contribution is 0.0992. The molecule has 2 aliphatic heterocycles. The molecule has 2 fully saturated rings. The first-order chi connectivity index (χ1) is 11.2. The van der Waals surface area contributed by atoms with Crippen LogP contribution in [0.15, 0.2) is 23.2 Å². The van der Waals surface area contributed by atoms with Gasteiger partial charge < -0.3 is 15.4 Å². The smallest absolute Gasteiger partial charge is 0.191 e. The summed E-state index contributed by atoms with van der Waals surface area (Å²) in [6.45, 7) is 3.46. The van der Waals surface area contributed by atoms with E-state index in [1.807, 2.05) is 6.92 Å². The van der Waals surface area contributed by atoms with E-state index in [0.29, 0.717) is 36.2 Å². The van der Waals surface area contributed by atoms with Gasteiger partial charge in [-0.15, -0.1) is 24.0 Å². The van der Waals surface area contributed by atoms with Crippen LogP contribution in [0, 0.1) is 5.82 Å². The number of nitrogens with zero attached hydrogens (tertiary/aromatic N) is 1. The summed E-state index contributed by atoms with van der Waals surface area (Å²) in [6.07, 6.45) is 4.78. The number of benzene rings is 1. The third kappa shape index (κ3) is 4.95. The molecule has 0 amide bonds. The Balaban J connectivity index is 0.00000208. The normalized spacial score (nSPS) is 25.5. The topological polar surface area (TPSA) is 45.7 Å². The van der Waals surface area contributed by atoms with Crippen LogP contribution in [0.4, 0.5) is 4.39 Å². The van der Waals surface area contributed by atoms with Crippen LogP contribution in [-0.4, -0.2) is 37.3 Å². The molecular formula is C17H24ClFIN3O. The summed E-state index contributed by atoms with van der Waals surface area (Å²) >= 11 is 6.05. The SMILES string of the molecule is CCNC(=NCCc1ccc(F)cc1Cl)NC1CC2CCC1O2.I. The van der Waals surface area contributed by atoms with Gasteiger partial charge in [-0.05, 0) is 50.3 Å². The predicted molar refractivity (Wildman–Crippen MR) is 106 cm³/mol. The molecule has 2 bridgehead atoms. The Hall–Kier alpha value is -0.600. The second-order valence-electron chi connectivity index (χ2n) is 6.11. The lowest BCUT2D eigenvalue weighted by Gasteiger charge is -2.22. The molecule has 0 aromatic heterocycles. The average molecular weight is 468 g/mol. The van der Waals surface area contributed by atoms with Crippen LogP contribution in [-0.2, 0) is 11.2 Å². The number of aliphatic imine (C=N–C) groups is 1. The van der Waals surface area contributed by atoms with Gasteiger partial charge in [0.05, 0.1) is 18.2 Å². The first kappa shape index (κ1) is 19.7. The van der Waals surface area contributed by atoms with Crippen molar-refractivity contribution in [1.82, 2.24) is 10.6 Å². The van der Waals surface area contributed by atoms with Gasteiger partial charge >= 0.3 is 0 Å². The Morgan fingerprint density at radius 1 is 1.42 bits per heavy atom. The fraction of sp³-hybridized carbons (Fsp3) is 0.588. The van der Waals surface area contributed by atoms with Crippen molar-refractivity contribution in [2.24, 2.45) is 4.99 Å². The highest BCUT2D eigenvalue weighted by molar-refractivity contribution is 14.0. The highest BCUT2D eigenvalue weighted by Gasteiger charge is 2.41. The number of halogens is 3. The van der Waals surface area contributed by atoms with Crippen LogP contribution in [0.5, 0.6) is 0 Å². The zero-order valence-corrected chi connectivity index (χ0v) is 16.8. The van der Waals surface area contributed by atoms with Crippen LogP contribution in [0.1, 0.15) is 31.7 Å². The van der Waals surface area contributed by atoms with Crippen molar-refractivity contribution in [2.75, 3.05) is 13.1 Å². The van der Waals surface area contributed by atoms with E-state index in [1.165, 1.54) is 18.6 Å². The average Bonchev–Trinajstić information content (AvgIpc) is 3.12. The van der Waals surface area contributed by atoms with Crippen LogP contribution >= 0.6 is 35.6 Å². The van der Waals surface area contributed by atoms with Gasteiger partial charge in [-0.1, -0.05) is 17.7 Å². The summed E-state index contributed by atoms with van der Waals surface area (Å²) in [5, 5.41) is 7.21. The van der Waals surface area contributed by atoms with Crippen molar-refractivity contribution in [3.63, 3.8) is 0 Å². The highest BCUT2D eigenvalue weighted by Crippen LogP contribution is 2.34. The van der Waals surface area contributed by atoms with Crippen molar-refractivity contribution in [3.05, 3.63) is 34.6 Å². The van der Waals surface area contributed by atoms with Crippen LogP contribution < -0.4 is 10.6 Å². The Bertz CT molecular complexity index is 587. The molecule has 24 heavy (non-hydrogen) atoms. The molecule has 0 spiro atoms. The summed E-state index contributed by atoms with van der Waals surface area (Å²) in [4.78, 5) is 4.61. The van der Waals surface area contributed by atoms with Crippen molar-refractivity contribution in [1.29, 1.82) is 0 Å². The molecule has 3 rings (SSSR count). The van der Waals surface area contributed by atoms with Gasteiger partial charge in [-0.25, -0.2) is 4.39 Å². The lowest BCUT2D eigenvalue weighted by atomic mass is 9.96. The number of nitrogens with one attached hydrogen (secondary N) is 2. The number of fused-ring (bicyclic) bond motifs is 2. The minimum atomic E-state index is -0.312. The first-order valence-electron chi connectivity index (χ1n) is 8.30. The summed E-state index contributed by atoms with van der Waals surface area (Å²) < 4.78 is 18.9. The standard InChI is InChI=1S/C17H23ClFN3O.HI/c1-2-20-17(22-15-10-13-5-6-16(15)23-13)21-8-7-11-3-4-12(19)9-14(11)18;/h3-4,9,13,15-16H,2,5-8,10H2,1H3,(H2,20,21,22);1H. The van der Waals surface area contributed by atoms with Gasteiger partial charge in [0.1, 0.15) is 5.82 Å². The van der Waals surface area contributed by atoms with Gasteiger partial charge in [0.25, 0.3) is 0 Å². The second kappa shape index (κ2) is 9.20. The van der Waals surface area contributed by atoms with E-state index in [0.717, 1.165) is 30.9 Å². The van der Waals surface area contributed by atoms with E-state index in [9.17, 15) is 4.39 Å². The largest absolute Gasteiger partial charge is 0.373 e. The van der Waals surface area contributed by atoms with Crippen molar-refractivity contribution in [3.8, 4) is 0 Å². The van der Waals surface area contributed by atoms with Gasteiger partial charge in [0.2, 0.25) is 0 Å². The van der Waals surface area contributed by atoms with E-state index >= 15 is 0 Å². The zero-order chi connectivity index (χ0) is 16.2. The maximum atomic E-state index is 13.1. The van der Waals surface area contributed by atoms with E-state index in [4.69, 9.17) is 16.3 Å². The fourth-order valence-corrected chi connectivity index (χ4v) is 3.56. The maximum absolute atomic E-state index is 13.1. The van der Waals surface area contributed by atoms with Crippen molar-refractivity contribution < 1.29 is 9.13 Å². The molecule has 0 saturated carbocycles. The van der Waals surface area contributed by atoms with E-state index < -0.39 is 0 Å².